The molecule has 0 saturated carbocycles. The summed E-state index contributed by atoms with van der Waals surface area (Å²) in [7, 11) is 1.52. The lowest BCUT2D eigenvalue weighted by Gasteiger charge is -2.11. The van der Waals surface area contributed by atoms with Crippen LogP contribution >= 0.6 is 0 Å². The molecule has 0 unspecified atom stereocenters. The number of benzene rings is 1. The summed E-state index contributed by atoms with van der Waals surface area (Å²) in [4.78, 5) is 8.11. The van der Waals surface area contributed by atoms with Crippen molar-refractivity contribution < 1.29 is 9.13 Å². The van der Waals surface area contributed by atoms with Gasteiger partial charge in [-0.1, -0.05) is 6.92 Å². The zero-order chi connectivity index (χ0) is 15.2. The summed E-state index contributed by atoms with van der Waals surface area (Å²) in [6.45, 7) is 2.81. The van der Waals surface area contributed by atoms with Crippen molar-refractivity contribution in [3.63, 3.8) is 0 Å². The molecule has 112 valence electrons. The first kappa shape index (κ1) is 14.8. The molecule has 4 N–H and O–H groups in total. The van der Waals surface area contributed by atoms with Gasteiger partial charge in [0.05, 0.1) is 12.8 Å². The number of aromatic nitrogens is 2. The standard InChI is InChI=1S/C14H18FN5O/c1-3-6-17-12-8-13(20-14(16)19-12)18-11-7-9(21-2)4-5-10(11)15/h4-5,7-8H,3,6H2,1-2H3,(H4,16,17,18,19,20). The van der Waals surface area contributed by atoms with E-state index in [4.69, 9.17) is 10.5 Å². The second-order valence-corrected chi connectivity index (χ2v) is 4.39. The maximum absolute atomic E-state index is 13.8. The van der Waals surface area contributed by atoms with Crippen molar-refractivity contribution in [3.8, 4) is 5.75 Å². The molecule has 0 amide bonds. The van der Waals surface area contributed by atoms with Gasteiger partial charge in [0.2, 0.25) is 5.95 Å². The first-order chi connectivity index (χ1) is 10.1. The first-order valence-electron chi connectivity index (χ1n) is 6.61. The van der Waals surface area contributed by atoms with Crippen LogP contribution in [0, 0.1) is 5.82 Å². The summed E-state index contributed by atoms with van der Waals surface area (Å²) < 4.78 is 18.9. The van der Waals surface area contributed by atoms with Crippen LogP contribution in [0.1, 0.15) is 13.3 Å². The third kappa shape index (κ3) is 3.95. The van der Waals surface area contributed by atoms with E-state index >= 15 is 0 Å². The third-order valence-corrected chi connectivity index (χ3v) is 2.74. The van der Waals surface area contributed by atoms with E-state index in [1.165, 1.54) is 13.2 Å². The van der Waals surface area contributed by atoms with Crippen LogP contribution in [0.4, 0.5) is 27.7 Å². The predicted octanol–water partition coefficient (Wildman–Crippen LogP) is 2.77. The van der Waals surface area contributed by atoms with E-state index in [0.29, 0.717) is 17.4 Å². The second-order valence-electron chi connectivity index (χ2n) is 4.39. The number of anilines is 4. The molecule has 21 heavy (non-hydrogen) atoms. The summed E-state index contributed by atoms with van der Waals surface area (Å²) in [5, 5.41) is 5.99. The fraction of sp³-hybridized carbons (Fsp3) is 0.286. The number of ether oxygens (including phenoxy) is 1. The summed E-state index contributed by atoms with van der Waals surface area (Å²) in [6.07, 6.45) is 0.956. The number of halogens is 1. The zero-order valence-electron chi connectivity index (χ0n) is 12.0. The number of rotatable bonds is 6. The van der Waals surface area contributed by atoms with Gasteiger partial charge in [-0.05, 0) is 18.6 Å². The van der Waals surface area contributed by atoms with Crippen molar-refractivity contribution in [2.24, 2.45) is 0 Å². The molecule has 7 heteroatoms. The van der Waals surface area contributed by atoms with Crippen LogP contribution in [0.2, 0.25) is 0 Å². The quantitative estimate of drug-likeness (QED) is 0.759. The van der Waals surface area contributed by atoms with Crippen molar-refractivity contribution in [1.82, 2.24) is 9.97 Å². The Bertz CT molecular complexity index is 620. The Balaban J connectivity index is 2.24. The van der Waals surface area contributed by atoms with Gasteiger partial charge in [0.25, 0.3) is 0 Å². The summed E-state index contributed by atoms with van der Waals surface area (Å²) in [5.74, 6) is 1.26. The molecular formula is C14H18FN5O. The van der Waals surface area contributed by atoms with Crippen molar-refractivity contribution >= 4 is 23.3 Å². The molecule has 0 aliphatic heterocycles. The number of nitrogens with one attached hydrogen (secondary N) is 2. The fourth-order valence-corrected chi connectivity index (χ4v) is 1.74. The Labute approximate surface area is 122 Å². The number of nitrogens with zero attached hydrogens (tertiary/aromatic N) is 2. The molecule has 1 aromatic heterocycles. The molecule has 0 saturated heterocycles. The molecule has 0 atom stereocenters. The number of nitrogen functional groups attached to an aromatic ring is 1. The average molecular weight is 291 g/mol. The van der Waals surface area contributed by atoms with Gasteiger partial charge in [-0.15, -0.1) is 0 Å². The van der Waals surface area contributed by atoms with Crippen molar-refractivity contribution in [2.75, 3.05) is 30.0 Å². The molecule has 0 spiro atoms. The van der Waals surface area contributed by atoms with Crippen LogP contribution in [-0.2, 0) is 0 Å². The largest absolute Gasteiger partial charge is 0.497 e. The third-order valence-electron chi connectivity index (χ3n) is 2.74. The Morgan fingerprint density at radius 3 is 2.71 bits per heavy atom. The molecule has 0 aliphatic carbocycles. The predicted molar refractivity (Wildman–Crippen MR) is 81.5 cm³/mol. The van der Waals surface area contributed by atoms with Crippen LogP contribution in [0.5, 0.6) is 5.75 Å². The maximum atomic E-state index is 13.8. The highest BCUT2D eigenvalue weighted by molar-refractivity contribution is 5.62. The molecule has 0 aliphatic rings. The van der Waals surface area contributed by atoms with Gasteiger partial charge in [0.1, 0.15) is 23.2 Å². The van der Waals surface area contributed by atoms with Gasteiger partial charge in [-0.2, -0.15) is 9.97 Å². The van der Waals surface area contributed by atoms with E-state index in [-0.39, 0.29) is 11.6 Å². The van der Waals surface area contributed by atoms with Crippen LogP contribution in [0.15, 0.2) is 24.3 Å². The Morgan fingerprint density at radius 2 is 2.00 bits per heavy atom. The average Bonchev–Trinajstić information content (AvgIpc) is 2.47. The maximum Gasteiger partial charge on any atom is 0.223 e. The number of nitrogens with two attached hydrogens (primary N) is 1. The lowest BCUT2D eigenvalue weighted by atomic mass is 10.3. The molecule has 0 fully saturated rings. The van der Waals surface area contributed by atoms with E-state index in [1.54, 1.807) is 18.2 Å². The van der Waals surface area contributed by atoms with Gasteiger partial charge in [-0.3, -0.25) is 0 Å². The van der Waals surface area contributed by atoms with Gasteiger partial charge < -0.3 is 21.1 Å². The SMILES string of the molecule is CCCNc1cc(Nc2cc(OC)ccc2F)nc(N)n1. The first-order valence-corrected chi connectivity index (χ1v) is 6.61. The van der Waals surface area contributed by atoms with E-state index in [0.717, 1.165) is 13.0 Å². The summed E-state index contributed by atoms with van der Waals surface area (Å²) >= 11 is 0. The monoisotopic (exact) mass is 291 g/mol. The minimum atomic E-state index is -0.406. The van der Waals surface area contributed by atoms with E-state index < -0.39 is 5.82 Å². The highest BCUT2D eigenvalue weighted by Gasteiger charge is 2.07. The van der Waals surface area contributed by atoms with Crippen LogP contribution in [0.25, 0.3) is 0 Å². The van der Waals surface area contributed by atoms with Crippen LogP contribution in [-0.4, -0.2) is 23.6 Å². The Morgan fingerprint density at radius 1 is 1.24 bits per heavy atom. The van der Waals surface area contributed by atoms with Crippen molar-refractivity contribution in [2.45, 2.75) is 13.3 Å². The fourth-order valence-electron chi connectivity index (χ4n) is 1.74. The summed E-state index contributed by atoms with van der Waals surface area (Å²) in [5.41, 5.74) is 5.92. The van der Waals surface area contributed by atoms with Gasteiger partial charge in [0.15, 0.2) is 0 Å². The smallest absolute Gasteiger partial charge is 0.223 e. The van der Waals surface area contributed by atoms with Crippen LogP contribution in [0.3, 0.4) is 0 Å². The molecule has 6 nitrogen and oxygen atoms in total. The van der Waals surface area contributed by atoms with E-state index in [9.17, 15) is 4.39 Å². The highest BCUT2D eigenvalue weighted by atomic mass is 19.1. The molecule has 1 aromatic carbocycles. The molecule has 0 radical (unpaired) electrons. The minimum Gasteiger partial charge on any atom is -0.497 e. The highest BCUT2D eigenvalue weighted by Crippen LogP contribution is 2.25. The molecular weight excluding hydrogens is 273 g/mol. The number of hydrogen-bond donors (Lipinski definition) is 3. The summed E-state index contributed by atoms with van der Waals surface area (Å²) in [6, 6.07) is 6.09. The van der Waals surface area contributed by atoms with Crippen LogP contribution < -0.4 is 21.1 Å². The van der Waals surface area contributed by atoms with Crippen molar-refractivity contribution in [3.05, 3.63) is 30.1 Å². The zero-order valence-corrected chi connectivity index (χ0v) is 12.0. The lowest BCUT2D eigenvalue weighted by Crippen LogP contribution is -2.07. The minimum absolute atomic E-state index is 0.113. The second kappa shape index (κ2) is 6.74. The lowest BCUT2D eigenvalue weighted by molar-refractivity contribution is 0.414. The number of hydrogen-bond acceptors (Lipinski definition) is 6. The number of methoxy groups -OCH3 is 1. The normalized spacial score (nSPS) is 10.2. The Hall–Kier alpha value is -2.57. The van der Waals surface area contributed by atoms with E-state index in [1.807, 2.05) is 6.92 Å². The molecule has 0 bridgehead atoms. The topological polar surface area (TPSA) is 85.1 Å². The van der Waals surface area contributed by atoms with Crippen molar-refractivity contribution in [1.29, 1.82) is 0 Å². The molecule has 2 rings (SSSR count). The van der Waals surface area contributed by atoms with Gasteiger partial charge in [0, 0.05) is 18.7 Å². The molecule has 1 heterocycles. The Kier molecular flexibility index (Phi) is 4.76. The van der Waals surface area contributed by atoms with E-state index in [2.05, 4.69) is 20.6 Å². The van der Waals surface area contributed by atoms with Gasteiger partial charge >= 0.3 is 0 Å². The molecule has 2 aromatic rings. The van der Waals surface area contributed by atoms with Gasteiger partial charge in [-0.25, -0.2) is 4.39 Å².